The molecule has 0 atom stereocenters. The van der Waals surface area contributed by atoms with E-state index in [1.54, 1.807) is 0 Å². The number of para-hydroxylation sites is 1. The van der Waals surface area contributed by atoms with E-state index in [1.165, 1.54) is 16.0 Å². The number of carbonyl (C=O) groups is 1. The fraction of sp³-hybridized carbons (Fsp3) is 0.100. The summed E-state index contributed by atoms with van der Waals surface area (Å²) in [5.41, 5.74) is 1.80. The van der Waals surface area contributed by atoms with Gasteiger partial charge in [0.15, 0.2) is 11.7 Å². The van der Waals surface area contributed by atoms with Crippen molar-refractivity contribution in [2.75, 3.05) is 5.32 Å². The predicted molar refractivity (Wildman–Crippen MR) is 112 cm³/mol. The van der Waals surface area contributed by atoms with Gasteiger partial charge in [-0.3, -0.25) is 4.79 Å². The molecule has 0 fully saturated rings. The molecule has 4 rings (SSSR count). The molecular weight excluding hydrogens is 408 g/mol. The van der Waals surface area contributed by atoms with Crippen molar-refractivity contribution in [2.45, 2.75) is 13.2 Å². The molecule has 0 aliphatic carbocycles. The Bertz CT molecular complexity index is 1150. The average molecular weight is 425 g/mol. The quantitative estimate of drug-likeness (QED) is 0.439. The number of anilines is 1. The standard InChI is InChI=1S/C20H16N4O3S2/c25-17(22-19-21-16(13-29-19)14-7-3-1-4-8-14)11-24-20(28)27-18(23-24)12-26-15-9-5-2-6-10-15/h1-10,13H,11-12H2,(H,21,22,25). The third-order valence-corrected chi connectivity index (χ3v) is 4.92. The summed E-state index contributed by atoms with van der Waals surface area (Å²) in [4.78, 5) is 16.9. The van der Waals surface area contributed by atoms with Crippen LogP contribution in [0, 0.1) is 4.84 Å². The highest BCUT2D eigenvalue weighted by Crippen LogP contribution is 2.24. The van der Waals surface area contributed by atoms with E-state index in [9.17, 15) is 4.79 Å². The molecule has 0 aliphatic rings. The van der Waals surface area contributed by atoms with Crippen LogP contribution in [0.5, 0.6) is 5.75 Å². The lowest BCUT2D eigenvalue weighted by atomic mass is 10.2. The number of rotatable bonds is 7. The average Bonchev–Trinajstić information content (AvgIpc) is 3.34. The highest BCUT2D eigenvalue weighted by atomic mass is 32.1. The van der Waals surface area contributed by atoms with Crippen molar-refractivity contribution in [3.8, 4) is 17.0 Å². The minimum atomic E-state index is -0.293. The highest BCUT2D eigenvalue weighted by molar-refractivity contribution is 7.71. The Morgan fingerprint density at radius 1 is 1.14 bits per heavy atom. The van der Waals surface area contributed by atoms with Crippen LogP contribution >= 0.6 is 23.6 Å². The van der Waals surface area contributed by atoms with E-state index in [1.807, 2.05) is 66.0 Å². The van der Waals surface area contributed by atoms with Gasteiger partial charge in [0.2, 0.25) is 5.91 Å². The summed E-state index contributed by atoms with van der Waals surface area (Å²) in [6.45, 7) is 0.0448. The molecule has 4 aromatic rings. The number of aromatic nitrogens is 3. The number of hydrogen-bond donors (Lipinski definition) is 1. The van der Waals surface area contributed by atoms with Crippen LogP contribution in [0.4, 0.5) is 5.13 Å². The Balaban J connectivity index is 1.36. The molecule has 7 nitrogen and oxygen atoms in total. The number of nitrogens with one attached hydrogen (secondary N) is 1. The largest absolute Gasteiger partial charge is 0.484 e. The second-order valence-electron chi connectivity index (χ2n) is 5.97. The molecule has 0 unspecified atom stereocenters. The molecule has 0 spiro atoms. The van der Waals surface area contributed by atoms with Gasteiger partial charge in [0.25, 0.3) is 10.7 Å². The van der Waals surface area contributed by atoms with Crippen LogP contribution < -0.4 is 10.1 Å². The van der Waals surface area contributed by atoms with Crippen LogP contribution in [0.2, 0.25) is 0 Å². The fourth-order valence-corrected chi connectivity index (χ4v) is 3.47. The highest BCUT2D eigenvalue weighted by Gasteiger charge is 2.12. The van der Waals surface area contributed by atoms with E-state index in [-0.39, 0.29) is 23.9 Å². The second-order valence-corrected chi connectivity index (χ2v) is 7.18. The first-order chi connectivity index (χ1) is 14.2. The van der Waals surface area contributed by atoms with E-state index < -0.39 is 0 Å². The zero-order chi connectivity index (χ0) is 20.1. The van der Waals surface area contributed by atoms with Gasteiger partial charge < -0.3 is 14.5 Å². The molecule has 0 saturated heterocycles. The van der Waals surface area contributed by atoms with Crippen LogP contribution in [-0.2, 0) is 17.9 Å². The molecule has 2 aromatic heterocycles. The summed E-state index contributed by atoms with van der Waals surface area (Å²) < 4.78 is 12.3. The van der Waals surface area contributed by atoms with E-state index in [2.05, 4.69) is 15.4 Å². The number of ether oxygens (including phenoxy) is 1. The normalized spacial score (nSPS) is 10.6. The van der Waals surface area contributed by atoms with Gasteiger partial charge in [0, 0.05) is 10.9 Å². The van der Waals surface area contributed by atoms with Crippen LogP contribution in [0.15, 0.2) is 70.5 Å². The van der Waals surface area contributed by atoms with Gasteiger partial charge in [-0.05, 0) is 24.4 Å². The van der Waals surface area contributed by atoms with E-state index >= 15 is 0 Å². The Kier molecular flexibility index (Phi) is 5.78. The summed E-state index contributed by atoms with van der Waals surface area (Å²) in [5, 5.41) is 9.37. The first-order valence-electron chi connectivity index (χ1n) is 8.73. The molecule has 9 heteroatoms. The molecule has 1 N–H and O–H groups in total. The van der Waals surface area contributed by atoms with Gasteiger partial charge in [-0.1, -0.05) is 48.5 Å². The molecule has 2 aromatic carbocycles. The maximum absolute atomic E-state index is 12.3. The molecular formula is C20H16N4O3S2. The van der Waals surface area contributed by atoms with Crippen molar-refractivity contribution < 1.29 is 13.9 Å². The molecule has 0 saturated carbocycles. The molecule has 0 radical (unpaired) electrons. The number of amides is 1. The van der Waals surface area contributed by atoms with Crippen LogP contribution in [0.1, 0.15) is 5.89 Å². The van der Waals surface area contributed by atoms with E-state index in [0.29, 0.717) is 16.8 Å². The first kappa shape index (κ1) is 19.0. The summed E-state index contributed by atoms with van der Waals surface area (Å²) >= 11 is 6.50. The van der Waals surface area contributed by atoms with Crippen LogP contribution in [0.25, 0.3) is 11.3 Å². The number of hydrogen-bond acceptors (Lipinski definition) is 7. The fourth-order valence-electron chi connectivity index (χ4n) is 2.54. The van der Waals surface area contributed by atoms with Gasteiger partial charge >= 0.3 is 0 Å². The topological polar surface area (TPSA) is 82.2 Å². The van der Waals surface area contributed by atoms with E-state index in [0.717, 1.165) is 11.3 Å². The summed E-state index contributed by atoms with van der Waals surface area (Å²) in [7, 11) is 0. The van der Waals surface area contributed by atoms with Crippen molar-refractivity contribution in [3.63, 3.8) is 0 Å². The first-order valence-corrected chi connectivity index (χ1v) is 10.0. The molecule has 1 amide bonds. The zero-order valence-corrected chi connectivity index (χ0v) is 16.8. The number of thiazole rings is 1. The van der Waals surface area contributed by atoms with Gasteiger partial charge in [-0.2, -0.15) is 0 Å². The van der Waals surface area contributed by atoms with Crippen LogP contribution in [-0.4, -0.2) is 20.7 Å². The Morgan fingerprint density at radius 3 is 2.62 bits per heavy atom. The SMILES string of the molecule is O=C(Cn1nc(COc2ccccc2)oc1=S)Nc1nc(-c2ccccc2)cs1. The lowest BCUT2D eigenvalue weighted by Gasteiger charge is -2.02. The number of nitrogens with zero attached hydrogens (tertiary/aromatic N) is 3. The van der Waals surface area contributed by atoms with Crippen molar-refractivity contribution in [1.29, 1.82) is 0 Å². The Hall–Kier alpha value is -3.30. The molecule has 0 aliphatic heterocycles. The van der Waals surface area contributed by atoms with Crippen molar-refractivity contribution in [3.05, 3.63) is 76.8 Å². The third kappa shape index (κ3) is 4.95. The summed E-state index contributed by atoms with van der Waals surface area (Å²) in [6, 6.07) is 19.1. The van der Waals surface area contributed by atoms with Gasteiger partial charge in [-0.25, -0.2) is 9.67 Å². The lowest BCUT2D eigenvalue weighted by molar-refractivity contribution is -0.117. The Morgan fingerprint density at radius 2 is 1.86 bits per heavy atom. The maximum Gasteiger partial charge on any atom is 0.287 e. The predicted octanol–water partition coefficient (Wildman–Crippen LogP) is 4.55. The molecule has 146 valence electrons. The lowest BCUT2D eigenvalue weighted by Crippen LogP contribution is -2.19. The van der Waals surface area contributed by atoms with Crippen molar-refractivity contribution in [2.24, 2.45) is 0 Å². The minimum absolute atomic E-state index is 0.0755. The van der Waals surface area contributed by atoms with Crippen molar-refractivity contribution in [1.82, 2.24) is 14.8 Å². The number of benzene rings is 2. The molecule has 29 heavy (non-hydrogen) atoms. The van der Waals surface area contributed by atoms with Crippen molar-refractivity contribution >= 4 is 34.6 Å². The molecule has 2 heterocycles. The maximum atomic E-state index is 12.3. The Labute approximate surface area is 175 Å². The van der Waals surface area contributed by atoms with Crippen LogP contribution in [0.3, 0.4) is 0 Å². The zero-order valence-electron chi connectivity index (χ0n) is 15.1. The van der Waals surface area contributed by atoms with Gasteiger partial charge in [0.05, 0.1) is 5.69 Å². The second kappa shape index (κ2) is 8.80. The smallest absolute Gasteiger partial charge is 0.287 e. The van der Waals surface area contributed by atoms with Gasteiger partial charge in [0.1, 0.15) is 12.3 Å². The minimum Gasteiger partial charge on any atom is -0.484 e. The number of carbonyl (C=O) groups excluding carboxylic acids is 1. The molecule has 0 bridgehead atoms. The summed E-state index contributed by atoms with van der Waals surface area (Å²) in [6.07, 6.45) is 0. The third-order valence-electron chi connectivity index (χ3n) is 3.87. The monoisotopic (exact) mass is 424 g/mol. The van der Waals surface area contributed by atoms with Gasteiger partial charge in [-0.15, -0.1) is 16.4 Å². The van der Waals surface area contributed by atoms with E-state index in [4.69, 9.17) is 21.4 Å². The summed E-state index contributed by atoms with van der Waals surface area (Å²) in [5.74, 6) is 0.699.